The molecule has 0 amide bonds. The van der Waals surface area contributed by atoms with Crippen molar-refractivity contribution >= 4 is 46.7 Å². The number of aliphatic imine (C=N–C) groups is 2. The highest BCUT2D eigenvalue weighted by atomic mass is 35.5. The van der Waals surface area contributed by atoms with Crippen LogP contribution in [0.15, 0.2) is 44.4 Å². The molecule has 0 aromatic heterocycles. The van der Waals surface area contributed by atoms with E-state index in [2.05, 4.69) is 32.5 Å². The number of allylic oxidation sites excluding steroid dienone is 4. The second kappa shape index (κ2) is 10.6. The Bertz CT molecular complexity index is 564. The number of hydrogen-bond donors (Lipinski definition) is 3. The van der Waals surface area contributed by atoms with Crippen LogP contribution in [0.1, 0.15) is 27.2 Å². The molecule has 0 radical (unpaired) electrons. The highest BCUT2D eigenvalue weighted by molar-refractivity contribution is 6.35. The Morgan fingerprint density at radius 2 is 1.96 bits per heavy atom. The van der Waals surface area contributed by atoms with Crippen LogP contribution in [0.25, 0.3) is 0 Å². The van der Waals surface area contributed by atoms with Crippen molar-refractivity contribution in [2.45, 2.75) is 39.4 Å². The standard InChI is InChI=1S/C16H24Cl3N5/c1-10(2)21-16-23-12(4)22-15(24-16)20-8-6-13(5-7-17)14(19)9-11(3)18/h5,9-10,12H,3,6-8H2,1-2,4H3,(H3,20,21,22,23,24)/b13-5-,14-9+. The third-order valence-corrected chi connectivity index (χ3v) is 3.51. The number of nitrogens with zero attached hydrogens (tertiary/aromatic N) is 2. The Hall–Kier alpha value is -1.17. The van der Waals surface area contributed by atoms with Crippen molar-refractivity contribution < 1.29 is 0 Å². The summed E-state index contributed by atoms with van der Waals surface area (Å²) in [6.45, 7) is 10.2. The van der Waals surface area contributed by atoms with E-state index < -0.39 is 0 Å². The van der Waals surface area contributed by atoms with Gasteiger partial charge in [0.1, 0.15) is 0 Å². The average molecular weight is 393 g/mol. The maximum absolute atomic E-state index is 6.23. The molecule has 1 aliphatic heterocycles. The molecule has 1 saturated heterocycles. The van der Waals surface area contributed by atoms with E-state index in [1.807, 2.05) is 26.8 Å². The van der Waals surface area contributed by atoms with E-state index in [1.165, 1.54) is 0 Å². The Kier molecular flexibility index (Phi) is 9.26. The van der Waals surface area contributed by atoms with Gasteiger partial charge < -0.3 is 10.6 Å². The van der Waals surface area contributed by atoms with E-state index in [0.717, 1.165) is 5.57 Å². The molecule has 0 aromatic carbocycles. The van der Waals surface area contributed by atoms with Crippen LogP contribution in [0.3, 0.4) is 0 Å². The molecule has 0 bridgehead atoms. The summed E-state index contributed by atoms with van der Waals surface area (Å²) >= 11 is 17.8. The summed E-state index contributed by atoms with van der Waals surface area (Å²) in [5.74, 6) is 1.75. The number of guanidine groups is 2. The van der Waals surface area contributed by atoms with Crippen LogP contribution in [0.2, 0.25) is 0 Å². The summed E-state index contributed by atoms with van der Waals surface area (Å²) < 4.78 is 0. The van der Waals surface area contributed by atoms with Crippen molar-refractivity contribution in [3.8, 4) is 0 Å². The summed E-state index contributed by atoms with van der Waals surface area (Å²) in [5, 5.41) is 10.4. The first-order valence-electron chi connectivity index (χ1n) is 7.71. The first kappa shape index (κ1) is 20.9. The zero-order valence-electron chi connectivity index (χ0n) is 14.2. The van der Waals surface area contributed by atoms with Crippen molar-refractivity contribution in [3.05, 3.63) is 34.4 Å². The monoisotopic (exact) mass is 391 g/mol. The van der Waals surface area contributed by atoms with Gasteiger partial charge in [0.05, 0.1) is 6.17 Å². The summed E-state index contributed by atoms with van der Waals surface area (Å²) in [5.41, 5.74) is 0.885. The molecule has 0 saturated carbocycles. The topological polar surface area (TPSA) is 60.8 Å². The van der Waals surface area contributed by atoms with Crippen molar-refractivity contribution in [2.75, 3.05) is 12.4 Å². The van der Waals surface area contributed by atoms with Gasteiger partial charge >= 0.3 is 0 Å². The van der Waals surface area contributed by atoms with Gasteiger partial charge in [0, 0.05) is 28.5 Å². The van der Waals surface area contributed by atoms with Crippen LogP contribution in [-0.2, 0) is 0 Å². The van der Waals surface area contributed by atoms with Crippen LogP contribution < -0.4 is 16.0 Å². The molecule has 5 nitrogen and oxygen atoms in total. The molecule has 1 aliphatic rings. The Labute approximate surface area is 158 Å². The highest BCUT2D eigenvalue weighted by Gasteiger charge is 2.16. The van der Waals surface area contributed by atoms with Gasteiger partial charge in [-0.3, -0.25) is 15.3 Å². The quantitative estimate of drug-likeness (QED) is 0.457. The molecule has 0 spiro atoms. The average Bonchev–Trinajstić information content (AvgIpc) is 2.44. The molecule has 24 heavy (non-hydrogen) atoms. The molecule has 1 fully saturated rings. The second-order valence-electron chi connectivity index (χ2n) is 5.51. The van der Waals surface area contributed by atoms with Crippen LogP contribution in [0, 0.1) is 0 Å². The van der Waals surface area contributed by atoms with E-state index in [1.54, 1.807) is 6.08 Å². The summed E-state index contributed by atoms with van der Waals surface area (Å²) in [7, 11) is 0. The minimum Gasteiger partial charge on any atom is -0.336 e. The molecule has 8 heteroatoms. The van der Waals surface area contributed by atoms with Crippen molar-refractivity contribution in [2.24, 2.45) is 9.98 Å². The molecule has 0 aliphatic carbocycles. The molecular weight excluding hydrogens is 369 g/mol. The fourth-order valence-electron chi connectivity index (χ4n) is 1.97. The predicted octanol–water partition coefficient (Wildman–Crippen LogP) is 3.67. The fraction of sp³-hybridized carbons (Fsp3) is 0.500. The molecular formula is C16H24Cl3N5. The van der Waals surface area contributed by atoms with Crippen molar-refractivity contribution in [3.63, 3.8) is 0 Å². The molecule has 134 valence electrons. The molecule has 1 rings (SSSR count). The van der Waals surface area contributed by atoms with Crippen LogP contribution in [-0.4, -0.2) is 36.6 Å². The second-order valence-corrected chi connectivity index (χ2v) is 6.71. The van der Waals surface area contributed by atoms with Crippen molar-refractivity contribution in [1.29, 1.82) is 0 Å². The zero-order valence-corrected chi connectivity index (χ0v) is 16.4. The van der Waals surface area contributed by atoms with E-state index in [9.17, 15) is 0 Å². The Morgan fingerprint density at radius 1 is 1.29 bits per heavy atom. The highest BCUT2D eigenvalue weighted by Crippen LogP contribution is 2.21. The molecule has 1 heterocycles. The van der Waals surface area contributed by atoms with Gasteiger partial charge in [0.25, 0.3) is 0 Å². The summed E-state index contributed by atoms with van der Waals surface area (Å²) in [6, 6.07) is 0.192. The molecule has 1 unspecified atom stereocenters. The SMILES string of the molecule is C=C(Cl)/C=C(Cl)\C(=C/CCl)CCN=C1NC(=NC(C)C)NC(C)N1. The van der Waals surface area contributed by atoms with E-state index in [-0.39, 0.29) is 12.2 Å². The van der Waals surface area contributed by atoms with Crippen molar-refractivity contribution in [1.82, 2.24) is 16.0 Å². The van der Waals surface area contributed by atoms with E-state index in [4.69, 9.17) is 34.8 Å². The number of nitrogens with one attached hydrogen (secondary N) is 3. The minimum atomic E-state index is 0.0448. The largest absolute Gasteiger partial charge is 0.336 e. The molecule has 0 aromatic rings. The molecule has 1 atom stereocenters. The Morgan fingerprint density at radius 3 is 2.54 bits per heavy atom. The minimum absolute atomic E-state index is 0.0448. The summed E-state index contributed by atoms with van der Waals surface area (Å²) in [6.07, 6.45) is 4.13. The third-order valence-electron chi connectivity index (χ3n) is 2.90. The maximum Gasteiger partial charge on any atom is 0.199 e. The first-order valence-corrected chi connectivity index (χ1v) is 9.00. The van der Waals surface area contributed by atoms with Gasteiger partial charge in [-0.1, -0.05) is 35.9 Å². The van der Waals surface area contributed by atoms with Crippen LogP contribution >= 0.6 is 34.8 Å². The van der Waals surface area contributed by atoms with Gasteiger partial charge in [-0.25, -0.2) is 0 Å². The number of hydrogen-bond acceptors (Lipinski definition) is 2. The number of rotatable bonds is 7. The van der Waals surface area contributed by atoms with Crippen LogP contribution in [0.5, 0.6) is 0 Å². The summed E-state index contributed by atoms with van der Waals surface area (Å²) in [4.78, 5) is 8.98. The number of halogens is 3. The van der Waals surface area contributed by atoms with Gasteiger partial charge in [-0.2, -0.15) is 0 Å². The van der Waals surface area contributed by atoms with Gasteiger partial charge in [0.15, 0.2) is 11.9 Å². The van der Waals surface area contributed by atoms with Gasteiger partial charge in [-0.05, 0) is 38.8 Å². The fourth-order valence-corrected chi connectivity index (χ4v) is 2.63. The lowest BCUT2D eigenvalue weighted by molar-refractivity contribution is 0.580. The zero-order chi connectivity index (χ0) is 18.1. The van der Waals surface area contributed by atoms with E-state index >= 15 is 0 Å². The maximum atomic E-state index is 6.23. The predicted molar refractivity (Wildman–Crippen MR) is 106 cm³/mol. The lowest BCUT2D eigenvalue weighted by Crippen LogP contribution is -2.62. The first-order chi connectivity index (χ1) is 11.3. The van der Waals surface area contributed by atoms with Crippen LogP contribution in [0.4, 0.5) is 0 Å². The molecule has 3 N–H and O–H groups in total. The lowest BCUT2D eigenvalue weighted by Gasteiger charge is -2.28. The van der Waals surface area contributed by atoms with Gasteiger partial charge in [0.2, 0.25) is 0 Å². The number of alkyl halides is 1. The van der Waals surface area contributed by atoms with E-state index in [0.29, 0.717) is 40.8 Å². The lowest BCUT2D eigenvalue weighted by atomic mass is 10.1. The van der Waals surface area contributed by atoms with Gasteiger partial charge in [-0.15, -0.1) is 11.6 Å². The normalized spacial score (nSPS) is 22.4. The third kappa shape index (κ3) is 8.08. The Balaban J connectivity index is 2.73. The smallest absolute Gasteiger partial charge is 0.199 e.